The molecule has 0 fully saturated rings. The van der Waals surface area contributed by atoms with Gasteiger partial charge in [-0.25, -0.2) is 4.79 Å². The van der Waals surface area contributed by atoms with Crippen LogP contribution in [-0.2, 0) is 22.4 Å². The fraction of sp³-hybridized carbons (Fsp3) is 0.400. The second-order valence-corrected chi connectivity index (χ2v) is 8.77. The summed E-state index contributed by atoms with van der Waals surface area (Å²) in [7, 11) is 0. The maximum atomic E-state index is 12.8. The number of rotatable bonds is 9. The number of hydrogen-bond acceptors (Lipinski definition) is 5. The molecular formula is C25H34N4O4. The number of hydrazine groups is 1. The zero-order chi connectivity index (χ0) is 24.3. The number of nitrogens with one attached hydrogen (secondary N) is 3. The van der Waals surface area contributed by atoms with Crippen molar-refractivity contribution in [1.82, 2.24) is 16.2 Å². The predicted molar refractivity (Wildman–Crippen MR) is 127 cm³/mol. The largest absolute Gasteiger partial charge is 0.444 e. The number of aryl methyl sites for hydroxylation is 1. The quantitative estimate of drug-likeness (QED) is 0.343. The van der Waals surface area contributed by atoms with Gasteiger partial charge < -0.3 is 15.8 Å². The molecule has 0 aliphatic rings. The Morgan fingerprint density at radius 1 is 0.909 bits per heavy atom. The molecule has 1 atom stereocenters. The van der Waals surface area contributed by atoms with Crippen LogP contribution >= 0.6 is 0 Å². The summed E-state index contributed by atoms with van der Waals surface area (Å²) in [6, 6.07) is 15.5. The fourth-order valence-corrected chi connectivity index (χ4v) is 3.08. The molecule has 0 heterocycles. The molecule has 5 N–H and O–H groups in total. The first-order chi connectivity index (χ1) is 15.7. The monoisotopic (exact) mass is 454 g/mol. The molecule has 0 saturated carbocycles. The summed E-state index contributed by atoms with van der Waals surface area (Å²) in [4.78, 5) is 37.5. The minimum Gasteiger partial charge on any atom is -0.444 e. The lowest BCUT2D eigenvalue weighted by Crippen LogP contribution is -2.53. The number of hydrogen-bond donors (Lipinski definition) is 4. The van der Waals surface area contributed by atoms with Crippen LogP contribution in [-0.4, -0.2) is 36.1 Å². The third kappa shape index (κ3) is 9.74. The van der Waals surface area contributed by atoms with E-state index in [-0.39, 0.29) is 6.42 Å². The van der Waals surface area contributed by atoms with Gasteiger partial charge in [0.25, 0.3) is 11.8 Å². The molecule has 0 aliphatic heterocycles. The Kier molecular flexibility index (Phi) is 9.87. The highest BCUT2D eigenvalue weighted by Crippen LogP contribution is 2.10. The average Bonchev–Trinajstić information content (AvgIpc) is 2.77. The predicted octanol–water partition coefficient (Wildman–Crippen LogP) is 2.87. The van der Waals surface area contributed by atoms with E-state index in [4.69, 9.17) is 10.5 Å². The van der Waals surface area contributed by atoms with Gasteiger partial charge >= 0.3 is 6.09 Å². The van der Waals surface area contributed by atoms with E-state index in [0.29, 0.717) is 12.1 Å². The summed E-state index contributed by atoms with van der Waals surface area (Å²) in [6.07, 6.45) is 2.36. The number of ether oxygens (including phenoxy) is 1. The molecule has 8 heteroatoms. The number of unbranched alkanes of at least 4 members (excludes halogenated alkanes) is 1. The third-order valence-electron chi connectivity index (χ3n) is 4.73. The summed E-state index contributed by atoms with van der Waals surface area (Å²) >= 11 is 0. The van der Waals surface area contributed by atoms with Crippen molar-refractivity contribution in [2.45, 2.75) is 58.1 Å². The normalized spacial score (nSPS) is 11.9. The summed E-state index contributed by atoms with van der Waals surface area (Å²) in [5.74, 6) is -1.01. The molecule has 0 bridgehead atoms. The first-order valence-electron chi connectivity index (χ1n) is 11.1. The van der Waals surface area contributed by atoms with E-state index in [9.17, 15) is 14.4 Å². The van der Waals surface area contributed by atoms with Gasteiger partial charge in [-0.15, -0.1) is 0 Å². The Balaban J connectivity index is 1.97. The molecule has 0 saturated heterocycles. The van der Waals surface area contributed by atoms with Crippen molar-refractivity contribution < 1.29 is 19.1 Å². The molecule has 2 aromatic carbocycles. The van der Waals surface area contributed by atoms with Gasteiger partial charge in [0.15, 0.2) is 0 Å². The molecule has 0 unspecified atom stereocenters. The minimum absolute atomic E-state index is 0.235. The smallest absolute Gasteiger partial charge is 0.408 e. The van der Waals surface area contributed by atoms with Crippen molar-refractivity contribution in [3.63, 3.8) is 0 Å². The van der Waals surface area contributed by atoms with Gasteiger partial charge in [-0.1, -0.05) is 42.5 Å². The molecule has 0 aromatic heterocycles. The highest BCUT2D eigenvalue weighted by molar-refractivity contribution is 5.96. The Hall–Kier alpha value is -3.39. The Morgan fingerprint density at radius 3 is 2.18 bits per heavy atom. The molecule has 3 amide bonds. The van der Waals surface area contributed by atoms with Crippen molar-refractivity contribution in [3.8, 4) is 0 Å². The van der Waals surface area contributed by atoms with Crippen LogP contribution in [0.1, 0.15) is 55.1 Å². The van der Waals surface area contributed by atoms with E-state index in [0.717, 1.165) is 30.4 Å². The van der Waals surface area contributed by atoms with Crippen molar-refractivity contribution in [2.24, 2.45) is 5.73 Å². The van der Waals surface area contributed by atoms with Gasteiger partial charge in [-0.3, -0.25) is 20.4 Å². The number of carbonyl (C=O) groups is 3. The number of nitrogens with two attached hydrogens (primary N) is 1. The molecule has 2 aromatic rings. The van der Waals surface area contributed by atoms with E-state index in [1.165, 1.54) is 0 Å². The van der Waals surface area contributed by atoms with Crippen molar-refractivity contribution >= 4 is 17.9 Å². The molecule has 0 aliphatic carbocycles. The maximum Gasteiger partial charge on any atom is 0.408 e. The van der Waals surface area contributed by atoms with Crippen LogP contribution in [0.3, 0.4) is 0 Å². The first-order valence-corrected chi connectivity index (χ1v) is 11.1. The third-order valence-corrected chi connectivity index (χ3v) is 4.73. The van der Waals surface area contributed by atoms with E-state index in [1.54, 1.807) is 32.9 Å². The van der Waals surface area contributed by atoms with E-state index < -0.39 is 29.6 Å². The van der Waals surface area contributed by atoms with E-state index in [1.807, 2.05) is 42.5 Å². The Bertz CT molecular complexity index is 908. The lowest BCUT2D eigenvalue weighted by atomic mass is 10.1. The van der Waals surface area contributed by atoms with Gasteiger partial charge in [0.1, 0.15) is 11.6 Å². The minimum atomic E-state index is -0.938. The summed E-state index contributed by atoms with van der Waals surface area (Å²) < 4.78 is 5.27. The van der Waals surface area contributed by atoms with Gasteiger partial charge in [0, 0.05) is 12.0 Å². The van der Waals surface area contributed by atoms with E-state index in [2.05, 4.69) is 16.2 Å². The molecule has 0 radical (unpaired) electrons. The van der Waals surface area contributed by atoms with Crippen molar-refractivity contribution in [3.05, 3.63) is 71.3 Å². The first kappa shape index (κ1) is 25.9. The zero-order valence-corrected chi connectivity index (χ0v) is 19.5. The second-order valence-electron chi connectivity index (χ2n) is 8.77. The zero-order valence-electron chi connectivity index (χ0n) is 19.5. The number of alkyl carbamates (subject to hydrolysis) is 1. The topological polar surface area (TPSA) is 123 Å². The lowest BCUT2D eigenvalue weighted by Gasteiger charge is -2.23. The molecule has 2 rings (SSSR count). The van der Waals surface area contributed by atoms with Crippen LogP contribution in [0, 0.1) is 0 Å². The van der Waals surface area contributed by atoms with Crippen molar-refractivity contribution in [1.29, 1.82) is 0 Å². The maximum absolute atomic E-state index is 12.8. The summed E-state index contributed by atoms with van der Waals surface area (Å²) in [6.45, 7) is 5.88. The lowest BCUT2D eigenvalue weighted by molar-refractivity contribution is -0.124. The summed E-state index contributed by atoms with van der Waals surface area (Å²) in [5.41, 5.74) is 12.0. The highest BCUT2D eigenvalue weighted by atomic mass is 16.6. The SMILES string of the molecule is CC(C)(C)OC(=O)N[C@H](Cc1ccccc1)C(=O)NNC(=O)c1ccc(CCCCN)cc1. The van der Waals surface area contributed by atoms with Gasteiger partial charge in [0.2, 0.25) is 0 Å². The standard InChI is InChI=1S/C25H34N4O4/c1-25(2,3)33-24(32)27-21(17-19-10-5-4-6-11-19)23(31)29-28-22(30)20-14-12-18(13-15-20)9-7-8-16-26/h4-6,10-15,21H,7-9,16-17,26H2,1-3H3,(H,27,32)(H,28,30)(H,29,31)/t21-/m1/s1. The van der Waals surface area contributed by atoms with Gasteiger partial charge in [0.05, 0.1) is 0 Å². The average molecular weight is 455 g/mol. The van der Waals surface area contributed by atoms with Gasteiger partial charge in [-0.2, -0.15) is 0 Å². The number of amides is 3. The molecular weight excluding hydrogens is 420 g/mol. The van der Waals surface area contributed by atoms with Gasteiger partial charge in [-0.05, 0) is 69.8 Å². The summed E-state index contributed by atoms with van der Waals surface area (Å²) in [5, 5.41) is 2.58. The van der Waals surface area contributed by atoms with Crippen LogP contribution < -0.4 is 21.9 Å². The van der Waals surface area contributed by atoms with Crippen LogP contribution in [0.15, 0.2) is 54.6 Å². The van der Waals surface area contributed by atoms with Crippen LogP contribution in [0.4, 0.5) is 4.79 Å². The Labute approximate surface area is 195 Å². The highest BCUT2D eigenvalue weighted by Gasteiger charge is 2.25. The second kappa shape index (κ2) is 12.6. The Morgan fingerprint density at radius 2 is 1.58 bits per heavy atom. The van der Waals surface area contributed by atoms with Crippen molar-refractivity contribution in [2.75, 3.05) is 6.54 Å². The molecule has 8 nitrogen and oxygen atoms in total. The van der Waals surface area contributed by atoms with E-state index >= 15 is 0 Å². The number of benzene rings is 2. The molecule has 33 heavy (non-hydrogen) atoms. The number of carbonyl (C=O) groups excluding carboxylic acids is 3. The van der Waals surface area contributed by atoms with Crippen LogP contribution in [0.25, 0.3) is 0 Å². The fourth-order valence-electron chi connectivity index (χ4n) is 3.08. The van der Waals surface area contributed by atoms with Crippen LogP contribution in [0.5, 0.6) is 0 Å². The molecule has 178 valence electrons. The molecule has 0 spiro atoms. The van der Waals surface area contributed by atoms with Crippen LogP contribution in [0.2, 0.25) is 0 Å².